The van der Waals surface area contributed by atoms with Crippen LogP contribution in [0.5, 0.6) is 0 Å². The molecule has 292 valence electrons. The predicted molar refractivity (Wildman–Crippen MR) is 257 cm³/mol. The van der Waals surface area contributed by atoms with Gasteiger partial charge in [0.05, 0.1) is 11.4 Å². The van der Waals surface area contributed by atoms with Crippen molar-refractivity contribution in [2.24, 2.45) is 0 Å². The lowest BCUT2D eigenvalue weighted by Gasteiger charge is -2.21. The maximum atomic E-state index is 6.26. The van der Waals surface area contributed by atoms with E-state index in [4.69, 9.17) is 14.4 Å². The molecule has 0 atom stereocenters. The van der Waals surface area contributed by atoms with E-state index in [1.165, 1.54) is 33.4 Å². The van der Waals surface area contributed by atoms with Gasteiger partial charge in [0.2, 0.25) is 0 Å². The summed E-state index contributed by atoms with van der Waals surface area (Å²) in [6, 6.07) is 73.9. The molecular formula is C59H40N2O. The number of furan rings is 1. The number of benzene rings is 9. The largest absolute Gasteiger partial charge is 0.456 e. The molecule has 0 radical (unpaired) electrons. The summed E-state index contributed by atoms with van der Waals surface area (Å²) in [4.78, 5) is 10.9. The summed E-state index contributed by atoms with van der Waals surface area (Å²) < 4.78 is 6.26. The van der Waals surface area contributed by atoms with Crippen LogP contribution >= 0.6 is 0 Å². The van der Waals surface area contributed by atoms with E-state index in [-0.39, 0.29) is 5.41 Å². The normalized spacial score (nSPS) is 12.8. The van der Waals surface area contributed by atoms with Crippen LogP contribution in [0, 0.1) is 0 Å². The molecule has 0 fully saturated rings. The van der Waals surface area contributed by atoms with Crippen molar-refractivity contribution in [3.63, 3.8) is 0 Å². The number of fused-ring (bicyclic) bond motifs is 7. The molecule has 0 saturated heterocycles. The average Bonchev–Trinajstić information content (AvgIpc) is 3.82. The van der Waals surface area contributed by atoms with Gasteiger partial charge in [0.15, 0.2) is 5.82 Å². The lowest BCUT2D eigenvalue weighted by molar-refractivity contribution is 0.660. The summed E-state index contributed by atoms with van der Waals surface area (Å²) in [6.07, 6.45) is 0. The van der Waals surface area contributed by atoms with E-state index in [1.54, 1.807) is 0 Å². The van der Waals surface area contributed by atoms with Gasteiger partial charge in [-0.1, -0.05) is 172 Å². The zero-order chi connectivity index (χ0) is 41.4. The molecule has 9 aromatic carbocycles. The predicted octanol–water partition coefficient (Wildman–Crippen LogP) is 15.8. The molecule has 11 aromatic rings. The second-order valence-corrected chi connectivity index (χ2v) is 17.0. The highest BCUT2D eigenvalue weighted by molar-refractivity contribution is 6.06. The number of rotatable bonds is 6. The maximum Gasteiger partial charge on any atom is 0.161 e. The van der Waals surface area contributed by atoms with Crippen molar-refractivity contribution in [2.75, 3.05) is 0 Å². The first-order chi connectivity index (χ1) is 30.4. The van der Waals surface area contributed by atoms with Crippen molar-refractivity contribution in [3.05, 3.63) is 217 Å². The van der Waals surface area contributed by atoms with Crippen LogP contribution < -0.4 is 0 Å². The van der Waals surface area contributed by atoms with Gasteiger partial charge in [0.25, 0.3) is 0 Å². The molecule has 0 unspecified atom stereocenters. The van der Waals surface area contributed by atoms with Gasteiger partial charge in [0, 0.05) is 32.9 Å². The third-order valence-corrected chi connectivity index (χ3v) is 12.9. The molecule has 2 heterocycles. The van der Waals surface area contributed by atoms with Crippen LogP contribution in [0.4, 0.5) is 0 Å². The minimum atomic E-state index is -0.0860. The van der Waals surface area contributed by atoms with Crippen LogP contribution in [-0.4, -0.2) is 9.97 Å². The summed E-state index contributed by atoms with van der Waals surface area (Å²) in [5.41, 5.74) is 18.6. The first-order valence-electron chi connectivity index (χ1n) is 21.3. The van der Waals surface area contributed by atoms with Gasteiger partial charge >= 0.3 is 0 Å². The Balaban J connectivity index is 1.08. The maximum absolute atomic E-state index is 6.26. The smallest absolute Gasteiger partial charge is 0.161 e. The molecule has 2 aromatic heterocycles. The SMILES string of the molecule is CC1(C)c2ccccc2-c2cc(-c3cc(-c4cc(-c5ccc(-c6ccccc6)cc5)cc(-c5ccc6oc7ccccc7c6c5)c4)nc(-c4cccc5ccccc45)n3)ccc21. The van der Waals surface area contributed by atoms with Crippen molar-refractivity contribution < 1.29 is 4.42 Å². The number of hydrogen-bond donors (Lipinski definition) is 0. The fraction of sp³-hybridized carbons (Fsp3) is 0.0508. The summed E-state index contributed by atoms with van der Waals surface area (Å²) in [5.74, 6) is 0.695. The van der Waals surface area contributed by atoms with Crippen molar-refractivity contribution >= 4 is 32.7 Å². The monoisotopic (exact) mass is 792 g/mol. The van der Waals surface area contributed by atoms with E-state index in [1.807, 2.05) is 12.1 Å². The molecule has 0 N–H and O–H groups in total. The average molecular weight is 793 g/mol. The zero-order valence-corrected chi connectivity index (χ0v) is 34.4. The van der Waals surface area contributed by atoms with Crippen LogP contribution in [0.15, 0.2) is 211 Å². The number of para-hydroxylation sites is 1. The van der Waals surface area contributed by atoms with Gasteiger partial charge in [0.1, 0.15) is 11.2 Å². The van der Waals surface area contributed by atoms with Crippen LogP contribution in [0.2, 0.25) is 0 Å². The fourth-order valence-electron chi connectivity index (χ4n) is 9.66. The summed E-state index contributed by atoms with van der Waals surface area (Å²) in [5, 5.41) is 4.48. The standard InChI is InChI=1S/C59H40N2O/c1-59(2)52-21-10-8-18-47(52)50-35-42(27-29-53(50)59)54-36-55(61-58(60-54)49-20-12-16-40-15-6-7-17-46(40)49)45-32-43(39-25-23-38(24-26-39)37-13-4-3-5-14-37)31-44(33-45)41-28-30-57-51(34-41)48-19-9-11-22-56(48)62-57/h3-36H,1-2H3. The number of aromatic nitrogens is 2. The first-order valence-corrected chi connectivity index (χ1v) is 21.3. The van der Waals surface area contributed by atoms with Crippen LogP contribution in [-0.2, 0) is 5.41 Å². The lowest BCUT2D eigenvalue weighted by Crippen LogP contribution is -2.14. The van der Waals surface area contributed by atoms with Gasteiger partial charge in [-0.3, -0.25) is 0 Å². The van der Waals surface area contributed by atoms with Gasteiger partial charge in [-0.15, -0.1) is 0 Å². The van der Waals surface area contributed by atoms with E-state index in [9.17, 15) is 0 Å². The minimum Gasteiger partial charge on any atom is -0.456 e. The van der Waals surface area contributed by atoms with Crippen LogP contribution in [0.3, 0.4) is 0 Å². The molecule has 1 aliphatic carbocycles. The molecule has 0 aliphatic heterocycles. The Labute approximate surface area is 360 Å². The highest BCUT2D eigenvalue weighted by Crippen LogP contribution is 2.49. The second-order valence-electron chi connectivity index (χ2n) is 17.0. The highest BCUT2D eigenvalue weighted by Gasteiger charge is 2.35. The van der Waals surface area contributed by atoms with Crippen molar-refractivity contribution in [1.82, 2.24) is 9.97 Å². The molecule has 3 heteroatoms. The minimum absolute atomic E-state index is 0.0860. The number of nitrogens with zero attached hydrogens (tertiary/aromatic N) is 2. The quantitative estimate of drug-likeness (QED) is 0.168. The third kappa shape index (κ3) is 5.96. The van der Waals surface area contributed by atoms with E-state index >= 15 is 0 Å². The molecule has 1 aliphatic rings. The molecule has 3 nitrogen and oxygen atoms in total. The molecule has 0 amide bonds. The Morgan fingerprint density at radius 2 is 0.903 bits per heavy atom. The molecule has 0 spiro atoms. The van der Waals surface area contributed by atoms with E-state index < -0.39 is 0 Å². The van der Waals surface area contributed by atoms with Crippen molar-refractivity contribution in [2.45, 2.75) is 19.3 Å². The molecular weight excluding hydrogens is 753 g/mol. The molecule has 62 heavy (non-hydrogen) atoms. The van der Waals surface area contributed by atoms with Gasteiger partial charge < -0.3 is 4.42 Å². The summed E-state index contributed by atoms with van der Waals surface area (Å²) in [7, 11) is 0. The van der Waals surface area contributed by atoms with E-state index in [2.05, 4.69) is 208 Å². The van der Waals surface area contributed by atoms with E-state index in [0.717, 1.165) is 83.0 Å². The van der Waals surface area contributed by atoms with E-state index in [0.29, 0.717) is 5.82 Å². The van der Waals surface area contributed by atoms with Gasteiger partial charge in [-0.2, -0.15) is 0 Å². The Morgan fingerprint density at radius 3 is 1.74 bits per heavy atom. The van der Waals surface area contributed by atoms with Gasteiger partial charge in [-0.05, 0) is 115 Å². The van der Waals surface area contributed by atoms with Gasteiger partial charge in [-0.25, -0.2) is 9.97 Å². The lowest BCUT2D eigenvalue weighted by atomic mass is 9.82. The summed E-state index contributed by atoms with van der Waals surface area (Å²) >= 11 is 0. The molecule has 12 rings (SSSR count). The highest BCUT2D eigenvalue weighted by atomic mass is 16.3. The van der Waals surface area contributed by atoms with Crippen LogP contribution in [0.1, 0.15) is 25.0 Å². The van der Waals surface area contributed by atoms with Crippen LogP contribution in [0.25, 0.3) is 111 Å². The Bertz CT molecular complexity index is 3540. The molecule has 0 saturated carbocycles. The Morgan fingerprint density at radius 1 is 0.339 bits per heavy atom. The van der Waals surface area contributed by atoms with Crippen molar-refractivity contribution in [1.29, 1.82) is 0 Å². The van der Waals surface area contributed by atoms with Crippen molar-refractivity contribution in [3.8, 4) is 78.4 Å². The zero-order valence-electron chi connectivity index (χ0n) is 34.4. The first kappa shape index (κ1) is 36.0. The fourth-order valence-corrected chi connectivity index (χ4v) is 9.66. The third-order valence-electron chi connectivity index (χ3n) is 12.9. The number of hydrogen-bond acceptors (Lipinski definition) is 3. The Kier molecular flexibility index (Phi) is 8.20. The topological polar surface area (TPSA) is 38.9 Å². The second kappa shape index (κ2) is 14.1. The molecule has 0 bridgehead atoms. The summed E-state index contributed by atoms with van der Waals surface area (Å²) in [6.45, 7) is 4.65. The Hall–Kier alpha value is -7.88.